The Labute approximate surface area is 225 Å². The minimum absolute atomic E-state index is 0.232. The van der Waals surface area contributed by atoms with Crippen LogP contribution < -0.4 is 0 Å². The van der Waals surface area contributed by atoms with Crippen LogP contribution in [0.25, 0.3) is 17.3 Å². The Hall–Kier alpha value is -3.86. The molecule has 0 N–H and O–H groups in total. The van der Waals surface area contributed by atoms with Gasteiger partial charge in [0.2, 0.25) is 0 Å². The molecule has 3 nitrogen and oxygen atoms in total. The third-order valence-corrected chi connectivity index (χ3v) is 8.30. The van der Waals surface area contributed by atoms with E-state index in [9.17, 15) is 9.59 Å². The molecule has 6 rings (SSSR count). The van der Waals surface area contributed by atoms with Crippen molar-refractivity contribution in [2.45, 2.75) is 4.90 Å². The van der Waals surface area contributed by atoms with E-state index in [1.165, 1.54) is 11.8 Å². The number of ketones is 1. The lowest BCUT2D eigenvalue weighted by Crippen LogP contribution is -2.44. The number of halogens is 1. The normalized spacial score (nSPS) is 18.1. The van der Waals surface area contributed by atoms with Crippen molar-refractivity contribution in [1.82, 2.24) is 4.90 Å². The Morgan fingerprint density at radius 3 is 2.19 bits per heavy atom. The van der Waals surface area contributed by atoms with Crippen LogP contribution in [0, 0.1) is 5.41 Å². The lowest BCUT2D eigenvalue weighted by molar-refractivity contribution is -0.129. The lowest BCUT2D eigenvalue weighted by atomic mass is 9.73. The molecule has 2 heterocycles. The zero-order chi connectivity index (χ0) is 25.4. The molecular weight excluding hydrogens is 498 g/mol. The number of carbonyl (C=O) groups is 2. The molecular formula is C32H22ClNO2S. The van der Waals surface area contributed by atoms with Crippen molar-refractivity contribution >= 4 is 52.4 Å². The summed E-state index contributed by atoms with van der Waals surface area (Å²) in [6.45, 7) is 0. The van der Waals surface area contributed by atoms with E-state index in [-0.39, 0.29) is 17.4 Å². The van der Waals surface area contributed by atoms with Gasteiger partial charge >= 0.3 is 0 Å². The van der Waals surface area contributed by atoms with Gasteiger partial charge in [0.1, 0.15) is 5.41 Å². The fraction of sp³-hybridized carbons (Fsp3) is 0.0625. The number of thioether (sulfide) groups is 1. The predicted molar refractivity (Wildman–Crippen MR) is 151 cm³/mol. The summed E-state index contributed by atoms with van der Waals surface area (Å²) in [5.41, 5.74) is 3.33. The van der Waals surface area contributed by atoms with Crippen molar-refractivity contribution in [3.8, 4) is 0 Å². The van der Waals surface area contributed by atoms with E-state index in [0.717, 1.165) is 32.9 Å². The van der Waals surface area contributed by atoms with Gasteiger partial charge in [-0.05, 0) is 53.6 Å². The van der Waals surface area contributed by atoms with Gasteiger partial charge in [-0.25, -0.2) is 0 Å². The molecule has 0 aliphatic carbocycles. The molecule has 0 saturated heterocycles. The van der Waals surface area contributed by atoms with Gasteiger partial charge in [-0.3, -0.25) is 14.5 Å². The van der Waals surface area contributed by atoms with Crippen molar-refractivity contribution in [1.29, 1.82) is 0 Å². The highest BCUT2D eigenvalue weighted by Gasteiger charge is 2.58. The summed E-state index contributed by atoms with van der Waals surface area (Å²) in [7, 11) is 0. The highest BCUT2D eigenvalue weighted by molar-refractivity contribution is 7.99. The molecule has 0 spiro atoms. The molecule has 1 unspecified atom stereocenters. The molecule has 0 radical (unpaired) electrons. The number of benzene rings is 4. The zero-order valence-corrected chi connectivity index (χ0v) is 21.4. The second-order valence-corrected chi connectivity index (χ2v) is 10.5. The lowest BCUT2D eigenvalue weighted by Gasteiger charge is -2.29. The third-order valence-electron chi connectivity index (χ3n) is 6.86. The molecule has 180 valence electrons. The summed E-state index contributed by atoms with van der Waals surface area (Å²) in [6, 6.07) is 34.5. The Morgan fingerprint density at radius 1 is 0.811 bits per heavy atom. The maximum atomic E-state index is 14.6. The Morgan fingerprint density at radius 2 is 1.46 bits per heavy atom. The average molecular weight is 520 g/mol. The number of fused-ring (bicyclic) bond motifs is 3. The van der Waals surface area contributed by atoms with Gasteiger partial charge in [0.15, 0.2) is 5.78 Å². The van der Waals surface area contributed by atoms with Crippen molar-refractivity contribution in [3.63, 3.8) is 0 Å². The standard InChI is InChI=1S/C32H22ClNO2S/c33-25-17-15-24(16-18-25)30(35)32(21-37-26-12-5-2-6-13-26)28(23-10-3-1-4-11-23)29-27-14-8-7-9-22(27)19-20-34(29)31(32)36/h1-20H,21H2. The van der Waals surface area contributed by atoms with E-state index in [1.807, 2.05) is 91.0 Å². The Kier molecular flexibility index (Phi) is 6.07. The SMILES string of the molecule is O=C(c1ccc(Cl)cc1)C1(CSc2ccccc2)C(=O)N2C=Cc3ccccc3C2=C1c1ccccc1. The summed E-state index contributed by atoms with van der Waals surface area (Å²) in [5.74, 6) is -0.211. The molecule has 4 aromatic rings. The van der Waals surface area contributed by atoms with Gasteiger partial charge in [0, 0.05) is 38.6 Å². The summed E-state index contributed by atoms with van der Waals surface area (Å²) in [5, 5.41) is 0.540. The Balaban J connectivity index is 1.63. The second-order valence-electron chi connectivity index (χ2n) is 9.01. The van der Waals surface area contributed by atoms with Gasteiger partial charge in [0.05, 0.1) is 5.70 Å². The first-order chi connectivity index (χ1) is 18.1. The van der Waals surface area contributed by atoms with Crippen LogP contribution in [0.15, 0.2) is 120 Å². The van der Waals surface area contributed by atoms with Crippen LogP contribution in [0.2, 0.25) is 5.02 Å². The zero-order valence-electron chi connectivity index (χ0n) is 19.8. The van der Waals surface area contributed by atoms with Crippen molar-refractivity contribution < 1.29 is 9.59 Å². The maximum absolute atomic E-state index is 14.6. The number of amides is 1. The highest BCUT2D eigenvalue weighted by atomic mass is 35.5. The van der Waals surface area contributed by atoms with Crippen molar-refractivity contribution in [3.05, 3.63) is 143 Å². The minimum Gasteiger partial charge on any atom is -0.293 e. The van der Waals surface area contributed by atoms with Crippen LogP contribution in [-0.4, -0.2) is 22.3 Å². The molecule has 5 heteroatoms. The van der Waals surface area contributed by atoms with Crippen LogP contribution in [0.5, 0.6) is 0 Å². The van der Waals surface area contributed by atoms with E-state index in [0.29, 0.717) is 10.6 Å². The van der Waals surface area contributed by atoms with Crippen molar-refractivity contribution in [2.24, 2.45) is 5.41 Å². The molecule has 4 aromatic carbocycles. The molecule has 1 atom stereocenters. The first-order valence-electron chi connectivity index (χ1n) is 12.0. The molecule has 0 saturated carbocycles. The van der Waals surface area contributed by atoms with Crippen LogP contribution >= 0.6 is 23.4 Å². The van der Waals surface area contributed by atoms with E-state index in [1.54, 1.807) is 35.4 Å². The number of Topliss-reactive ketones (excluding diaryl/α,β-unsaturated/α-hetero) is 1. The van der Waals surface area contributed by atoms with Crippen molar-refractivity contribution in [2.75, 3.05) is 5.75 Å². The number of nitrogens with zero attached hydrogens (tertiary/aromatic N) is 1. The van der Waals surface area contributed by atoms with Gasteiger partial charge < -0.3 is 0 Å². The molecule has 37 heavy (non-hydrogen) atoms. The molecule has 1 amide bonds. The van der Waals surface area contributed by atoms with E-state index < -0.39 is 5.41 Å². The molecule has 0 aromatic heterocycles. The topological polar surface area (TPSA) is 37.4 Å². The van der Waals surface area contributed by atoms with Crippen LogP contribution in [0.3, 0.4) is 0 Å². The first-order valence-corrected chi connectivity index (χ1v) is 13.4. The van der Waals surface area contributed by atoms with E-state index >= 15 is 0 Å². The fourth-order valence-corrected chi connectivity index (χ4v) is 6.37. The average Bonchev–Trinajstić information content (AvgIpc) is 3.22. The monoisotopic (exact) mass is 519 g/mol. The third kappa shape index (κ3) is 3.93. The highest BCUT2D eigenvalue weighted by Crippen LogP contribution is 2.55. The van der Waals surface area contributed by atoms with Crippen LogP contribution in [0.1, 0.15) is 27.0 Å². The van der Waals surface area contributed by atoms with Gasteiger partial charge in [-0.2, -0.15) is 0 Å². The summed E-state index contributed by atoms with van der Waals surface area (Å²) >= 11 is 7.67. The van der Waals surface area contributed by atoms with E-state index in [4.69, 9.17) is 11.6 Å². The summed E-state index contributed by atoms with van der Waals surface area (Å²) in [4.78, 5) is 31.8. The smallest absolute Gasteiger partial charge is 0.250 e. The largest absolute Gasteiger partial charge is 0.293 e. The number of rotatable bonds is 6. The maximum Gasteiger partial charge on any atom is 0.250 e. The molecule has 2 aliphatic heterocycles. The molecule has 0 bridgehead atoms. The van der Waals surface area contributed by atoms with Crippen LogP contribution in [-0.2, 0) is 4.79 Å². The molecule has 0 fully saturated rings. The van der Waals surface area contributed by atoms with Gasteiger partial charge in [0.25, 0.3) is 5.91 Å². The summed E-state index contributed by atoms with van der Waals surface area (Å²) in [6.07, 6.45) is 3.74. The number of hydrogen-bond donors (Lipinski definition) is 0. The number of carbonyl (C=O) groups excluding carboxylic acids is 2. The van der Waals surface area contributed by atoms with E-state index in [2.05, 4.69) is 0 Å². The second kappa shape index (κ2) is 9.55. The number of hydrogen-bond acceptors (Lipinski definition) is 3. The summed E-state index contributed by atoms with van der Waals surface area (Å²) < 4.78 is 0. The molecule has 2 aliphatic rings. The van der Waals surface area contributed by atoms with Gasteiger partial charge in [-0.1, -0.05) is 84.4 Å². The van der Waals surface area contributed by atoms with Crippen LogP contribution in [0.4, 0.5) is 0 Å². The predicted octanol–water partition coefficient (Wildman–Crippen LogP) is 7.70. The minimum atomic E-state index is -1.44. The quantitative estimate of drug-likeness (QED) is 0.149. The Bertz CT molecular complexity index is 1560. The first kappa shape index (κ1) is 23.5. The fourth-order valence-electron chi connectivity index (χ4n) is 5.11. The van der Waals surface area contributed by atoms with Gasteiger partial charge in [-0.15, -0.1) is 11.8 Å².